The van der Waals surface area contributed by atoms with Crippen LogP contribution in [0.3, 0.4) is 0 Å². The third-order valence-electron chi connectivity index (χ3n) is 2.01. The number of aromatic nitrogens is 3. The van der Waals surface area contributed by atoms with Crippen molar-refractivity contribution in [1.29, 1.82) is 0 Å². The summed E-state index contributed by atoms with van der Waals surface area (Å²) in [6.07, 6.45) is 3.14. The molecule has 70 valence electrons. The fourth-order valence-electron chi connectivity index (χ4n) is 1.30. The zero-order chi connectivity index (χ0) is 9.10. The standard InChI is InChI=1S/C7H11N5O/c13-7-9-1-2-11(7)3-4-12-6-8-5-10-12/h5-6H,1-4H2,(H,9,13). The lowest BCUT2D eigenvalue weighted by molar-refractivity contribution is 0.215. The number of carbonyl (C=O) groups is 1. The van der Waals surface area contributed by atoms with Gasteiger partial charge in [0.25, 0.3) is 0 Å². The van der Waals surface area contributed by atoms with Crippen LogP contribution in [0, 0.1) is 0 Å². The van der Waals surface area contributed by atoms with Crippen LogP contribution in [0.25, 0.3) is 0 Å². The summed E-state index contributed by atoms with van der Waals surface area (Å²) in [7, 11) is 0. The summed E-state index contributed by atoms with van der Waals surface area (Å²) in [6.45, 7) is 2.92. The molecule has 2 amide bonds. The predicted octanol–water partition coefficient (Wildman–Crippen LogP) is -0.697. The van der Waals surface area contributed by atoms with Crippen molar-refractivity contribution in [2.75, 3.05) is 19.6 Å². The molecule has 0 aliphatic carbocycles. The molecular formula is C7H11N5O. The lowest BCUT2D eigenvalue weighted by atomic mass is 10.5. The Kier molecular flexibility index (Phi) is 2.11. The predicted molar refractivity (Wildman–Crippen MR) is 45.0 cm³/mol. The number of hydrogen-bond acceptors (Lipinski definition) is 3. The quantitative estimate of drug-likeness (QED) is 0.671. The Bertz CT molecular complexity index is 283. The van der Waals surface area contributed by atoms with Crippen molar-refractivity contribution in [2.45, 2.75) is 6.54 Å². The van der Waals surface area contributed by atoms with Gasteiger partial charge in [0.05, 0.1) is 6.54 Å². The third-order valence-corrected chi connectivity index (χ3v) is 2.01. The number of nitrogens with zero attached hydrogens (tertiary/aromatic N) is 4. The van der Waals surface area contributed by atoms with Crippen molar-refractivity contribution in [1.82, 2.24) is 25.0 Å². The topological polar surface area (TPSA) is 63.1 Å². The maximum atomic E-state index is 11.1. The summed E-state index contributed by atoms with van der Waals surface area (Å²) in [6, 6.07) is 0.0140. The van der Waals surface area contributed by atoms with E-state index < -0.39 is 0 Å². The zero-order valence-corrected chi connectivity index (χ0v) is 7.18. The minimum absolute atomic E-state index is 0.0140. The Balaban J connectivity index is 1.82. The van der Waals surface area contributed by atoms with E-state index in [0.29, 0.717) is 13.1 Å². The molecule has 6 nitrogen and oxygen atoms in total. The Hall–Kier alpha value is -1.59. The molecule has 0 saturated carbocycles. The highest BCUT2D eigenvalue weighted by Crippen LogP contribution is 1.96. The average Bonchev–Trinajstić information content (AvgIpc) is 2.72. The van der Waals surface area contributed by atoms with Crippen LogP contribution in [-0.2, 0) is 6.54 Å². The summed E-state index contributed by atoms with van der Waals surface area (Å²) in [5.74, 6) is 0. The first-order valence-electron chi connectivity index (χ1n) is 4.21. The van der Waals surface area contributed by atoms with Gasteiger partial charge in [0.15, 0.2) is 0 Å². The largest absolute Gasteiger partial charge is 0.336 e. The summed E-state index contributed by atoms with van der Waals surface area (Å²) in [5.41, 5.74) is 0. The number of urea groups is 1. The maximum Gasteiger partial charge on any atom is 0.317 e. The van der Waals surface area contributed by atoms with Gasteiger partial charge in [0, 0.05) is 19.6 Å². The van der Waals surface area contributed by atoms with E-state index in [2.05, 4.69) is 15.4 Å². The minimum atomic E-state index is 0.0140. The molecule has 1 aromatic heterocycles. The van der Waals surface area contributed by atoms with Gasteiger partial charge >= 0.3 is 6.03 Å². The van der Waals surface area contributed by atoms with Crippen molar-refractivity contribution < 1.29 is 4.79 Å². The van der Waals surface area contributed by atoms with E-state index in [1.165, 1.54) is 6.33 Å². The molecule has 13 heavy (non-hydrogen) atoms. The molecule has 2 heterocycles. The van der Waals surface area contributed by atoms with Crippen molar-refractivity contribution >= 4 is 6.03 Å². The van der Waals surface area contributed by atoms with Crippen LogP contribution in [0.1, 0.15) is 0 Å². The highest BCUT2D eigenvalue weighted by atomic mass is 16.2. The summed E-state index contributed by atoms with van der Waals surface area (Å²) in [4.78, 5) is 16.7. The van der Waals surface area contributed by atoms with Crippen molar-refractivity contribution in [3.05, 3.63) is 12.7 Å². The lowest BCUT2D eigenvalue weighted by Crippen LogP contribution is -2.31. The van der Waals surface area contributed by atoms with Gasteiger partial charge in [0.2, 0.25) is 0 Å². The molecule has 0 bridgehead atoms. The van der Waals surface area contributed by atoms with Gasteiger partial charge in [-0.05, 0) is 0 Å². The van der Waals surface area contributed by atoms with Crippen molar-refractivity contribution in [3.8, 4) is 0 Å². The van der Waals surface area contributed by atoms with Gasteiger partial charge in [-0.1, -0.05) is 0 Å². The minimum Gasteiger partial charge on any atom is -0.336 e. The van der Waals surface area contributed by atoms with Gasteiger partial charge in [-0.3, -0.25) is 4.68 Å². The molecule has 1 aromatic rings. The Morgan fingerprint density at radius 1 is 1.54 bits per heavy atom. The fourth-order valence-corrected chi connectivity index (χ4v) is 1.30. The Morgan fingerprint density at radius 3 is 3.08 bits per heavy atom. The van der Waals surface area contributed by atoms with E-state index in [4.69, 9.17) is 0 Å². The first-order valence-corrected chi connectivity index (χ1v) is 4.21. The van der Waals surface area contributed by atoms with E-state index in [-0.39, 0.29) is 6.03 Å². The van der Waals surface area contributed by atoms with Gasteiger partial charge in [-0.15, -0.1) is 0 Å². The van der Waals surface area contributed by atoms with Gasteiger partial charge in [-0.25, -0.2) is 9.78 Å². The summed E-state index contributed by atoms with van der Waals surface area (Å²) < 4.78 is 1.71. The summed E-state index contributed by atoms with van der Waals surface area (Å²) >= 11 is 0. The van der Waals surface area contributed by atoms with Gasteiger partial charge in [-0.2, -0.15) is 5.10 Å². The number of carbonyl (C=O) groups excluding carboxylic acids is 1. The first-order chi connectivity index (χ1) is 6.36. The molecule has 0 radical (unpaired) electrons. The van der Waals surface area contributed by atoms with Crippen molar-refractivity contribution in [3.63, 3.8) is 0 Å². The van der Waals surface area contributed by atoms with Crippen LogP contribution in [0.2, 0.25) is 0 Å². The number of hydrogen-bond donors (Lipinski definition) is 1. The smallest absolute Gasteiger partial charge is 0.317 e. The van der Waals surface area contributed by atoms with E-state index in [1.54, 1.807) is 15.9 Å². The molecule has 2 rings (SSSR count). The number of rotatable bonds is 3. The van der Waals surface area contributed by atoms with E-state index in [9.17, 15) is 4.79 Å². The molecule has 1 fully saturated rings. The van der Waals surface area contributed by atoms with Crippen LogP contribution < -0.4 is 5.32 Å². The highest BCUT2D eigenvalue weighted by Gasteiger charge is 2.18. The molecule has 0 unspecified atom stereocenters. The average molecular weight is 181 g/mol. The fraction of sp³-hybridized carbons (Fsp3) is 0.571. The number of amides is 2. The van der Waals surface area contributed by atoms with E-state index in [0.717, 1.165) is 13.1 Å². The molecule has 1 aliphatic heterocycles. The van der Waals surface area contributed by atoms with Crippen LogP contribution in [0.4, 0.5) is 4.79 Å². The highest BCUT2D eigenvalue weighted by molar-refractivity contribution is 5.76. The lowest BCUT2D eigenvalue weighted by Gasteiger charge is -2.12. The number of nitrogens with one attached hydrogen (secondary N) is 1. The Labute approximate surface area is 75.5 Å². The van der Waals surface area contributed by atoms with Crippen LogP contribution in [-0.4, -0.2) is 45.3 Å². The van der Waals surface area contributed by atoms with Crippen LogP contribution in [0.15, 0.2) is 12.7 Å². The van der Waals surface area contributed by atoms with Gasteiger partial charge < -0.3 is 10.2 Å². The zero-order valence-electron chi connectivity index (χ0n) is 7.18. The van der Waals surface area contributed by atoms with Gasteiger partial charge in [0.1, 0.15) is 12.7 Å². The van der Waals surface area contributed by atoms with Crippen molar-refractivity contribution in [2.24, 2.45) is 0 Å². The molecule has 1 saturated heterocycles. The van der Waals surface area contributed by atoms with E-state index in [1.807, 2.05) is 0 Å². The first kappa shape index (κ1) is 8.03. The molecule has 0 atom stereocenters. The monoisotopic (exact) mass is 181 g/mol. The molecular weight excluding hydrogens is 170 g/mol. The second-order valence-electron chi connectivity index (χ2n) is 2.88. The van der Waals surface area contributed by atoms with E-state index >= 15 is 0 Å². The molecule has 0 spiro atoms. The van der Waals surface area contributed by atoms with Crippen LogP contribution in [0.5, 0.6) is 0 Å². The molecule has 1 N–H and O–H groups in total. The third kappa shape index (κ3) is 1.77. The second kappa shape index (κ2) is 3.42. The molecule has 6 heteroatoms. The normalized spacial score (nSPS) is 16.3. The Morgan fingerprint density at radius 2 is 2.46 bits per heavy atom. The summed E-state index contributed by atoms with van der Waals surface area (Å²) in [5, 5.41) is 6.69. The maximum absolute atomic E-state index is 11.1. The van der Waals surface area contributed by atoms with Crippen LogP contribution >= 0.6 is 0 Å². The molecule has 1 aliphatic rings. The SMILES string of the molecule is O=C1NCCN1CCn1cncn1. The molecule has 0 aromatic carbocycles. The second-order valence-corrected chi connectivity index (χ2v) is 2.88.